The molecule has 0 bridgehead atoms. The molecule has 0 saturated carbocycles. The van der Waals surface area contributed by atoms with Crippen LogP contribution in [0.3, 0.4) is 0 Å². The van der Waals surface area contributed by atoms with Gasteiger partial charge in [0.1, 0.15) is 17.3 Å². The van der Waals surface area contributed by atoms with Crippen molar-refractivity contribution in [2.75, 3.05) is 13.7 Å². The Morgan fingerprint density at radius 1 is 1.05 bits per heavy atom. The van der Waals surface area contributed by atoms with Crippen molar-refractivity contribution in [1.29, 1.82) is 0 Å². The zero-order valence-electron chi connectivity index (χ0n) is 23.0. The summed E-state index contributed by atoms with van der Waals surface area (Å²) >= 11 is 13.7. The van der Waals surface area contributed by atoms with E-state index in [4.69, 9.17) is 42.1 Å². The van der Waals surface area contributed by atoms with Crippen LogP contribution in [-0.2, 0) is 9.53 Å². The molecule has 1 aliphatic rings. The first-order valence-corrected chi connectivity index (χ1v) is 14.9. The Morgan fingerprint density at radius 3 is 2.53 bits per heavy atom. The van der Waals surface area contributed by atoms with Crippen LogP contribution in [0, 0.1) is 0 Å². The third-order valence-corrected chi connectivity index (χ3v) is 8.45. The van der Waals surface area contributed by atoms with Gasteiger partial charge in [-0.3, -0.25) is 9.36 Å². The van der Waals surface area contributed by atoms with Crippen molar-refractivity contribution in [3.8, 4) is 17.1 Å². The van der Waals surface area contributed by atoms with Crippen molar-refractivity contribution in [1.82, 2.24) is 4.57 Å². The van der Waals surface area contributed by atoms with Crippen LogP contribution in [0.5, 0.6) is 5.75 Å². The zero-order valence-corrected chi connectivity index (χ0v) is 25.4. The molecule has 10 heteroatoms. The SMILES string of the molecule is CCOC(=O)C1=C(c2ccccc2)N=c2s/c(=C\c3ccc(-c4cc(Cl)ccc4Cl)o3)c(=O)n2C1c1ccc(OC)cc1. The van der Waals surface area contributed by atoms with Gasteiger partial charge in [-0.2, -0.15) is 0 Å². The molecule has 1 atom stereocenters. The maximum atomic E-state index is 14.1. The number of furan rings is 1. The third-order valence-electron chi connectivity index (χ3n) is 6.90. The molecule has 3 heterocycles. The lowest BCUT2D eigenvalue weighted by Gasteiger charge is -2.26. The van der Waals surface area contributed by atoms with E-state index in [1.807, 2.05) is 42.5 Å². The minimum atomic E-state index is -0.795. The Hall–Kier alpha value is -4.37. The van der Waals surface area contributed by atoms with E-state index in [0.29, 0.717) is 53.5 Å². The standard InChI is InChI=1S/C33H24Cl2N2O5S/c1-3-41-32(39)28-29(19-7-5-4-6-8-19)36-33-37(30(28)20-9-12-22(40-2)13-10-20)31(38)27(43-33)18-23-14-16-26(42-23)24-17-21(34)11-15-25(24)35/h4-18,30H,3H2,1-2H3/b27-18-. The summed E-state index contributed by atoms with van der Waals surface area (Å²) in [6.07, 6.45) is 1.66. The number of methoxy groups -OCH3 is 1. The first kappa shape index (κ1) is 28.7. The van der Waals surface area contributed by atoms with Gasteiger partial charge in [-0.05, 0) is 55.0 Å². The van der Waals surface area contributed by atoms with Gasteiger partial charge in [-0.25, -0.2) is 9.79 Å². The molecule has 216 valence electrons. The number of esters is 1. The van der Waals surface area contributed by atoms with Crippen molar-refractivity contribution in [3.05, 3.63) is 137 Å². The largest absolute Gasteiger partial charge is 0.497 e. The highest BCUT2D eigenvalue weighted by Crippen LogP contribution is 2.36. The van der Waals surface area contributed by atoms with Gasteiger partial charge in [0.25, 0.3) is 5.56 Å². The van der Waals surface area contributed by atoms with Crippen LogP contribution in [-0.4, -0.2) is 24.3 Å². The van der Waals surface area contributed by atoms with Crippen molar-refractivity contribution in [2.45, 2.75) is 13.0 Å². The molecule has 0 N–H and O–H groups in total. The molecule has 0 saturated heterocycles. The Morgan fingerprint density at radius 2 is 1.81 bits per heavy atom. The predicted octanol–water partition coefficient (Wildman–Crippen LogP) is 6.51. The quantitative estimate of drug-likeness (QED) is 0.191. The Kier molecular flexibility index (Phi) is 8.08. The molecule has 0 spiro atoms. The van der Waals surface area contributed by atoms with E-state index in [9.17, 15) is 9.59 Å². The summed E-state index contributed by atoms with van der Waals surface area (Å²) in [6.45, 7) is 1.91. The topological polar surface area (TPSA) is 83.0 Å². The van der Waals surface area contributed by atoms with Gasteiger partial charge >= 0.3 is 5.97 Å². The second kappa shape index (κ2) is 12.1. The van der Waals surface area contributed by atoms with Crippen LogP contribution in [0.15, 0.2) is 105 Å². The maximum Gasteiger partial charge on any atom is 0.338 e. The number of aromatic nitrogens is 1. The van der Waals surface area contributed by atoms with Gasteiger partial charge in [0.15, 0.2) is 4.80 Å². The van der Waals surface area contributed by atoms with E-state index in [2.05, 4.69) is 0 Å². The molecule has 0 aliphatic carbocycles. The number of carbonyl (C=O) groups excluding carboxylic acids is 1. The molecule has 0 fully saturated rings. The molecule has 43 heavy (non-hydrogen) atoms. The van der Waals surface area contributed by atoms with Crippen LogP contribution >= 0.6 is 34.5 Å². The fourth-order valence-electron chi connectivity index (χ4n) is 4.93. The van der Waals surface area contributed by atoms with Gasteiger partial charge in [0.05, 0.1) is 40.6 Å². The molecule has 1 unspecified atom stereocenters. The van der Waals surface area contributed by atoms with Gasteiger partial charge in [-0.1, -0.05) is 77.0 Å². The molecule has 2 aromatic heterocycles. The molecule has 5 aromatic rings. The van der Waals surface area contributed by atoms with Crippen molar-refractivity contribution in [2.24, 2.45) is 4.99 Å². The van der Waals surface area contributed by atoms with Crippen molar-refractivity contribution in [3.63, 3.8) is 0 Å². The number of nitrogens with zero attached hydrogens (tertiary/aromatic N) is 2. The predicted molar refractivity (Wildman–Crippen MR) is 168 cm³/mol. The molecular formula is C33H24Cl2N2O5S. The fraction of sp³-hybridized carbons (Fsp3) is 0.121. The Labute approximate surface area is 260 Å². The molecule has 1 aliphatic heterocycles. The second-order valence-corrected chi connectivity index (χ2v) is 11.4. The molecule has 6 rings (SSSR count). The van der Waals surface area contributed by atoms with Crippen molar-refractivity contribution < 1.29 is 18.7 Å². The van der Waals surface area contributed by atoms with Gasteiger partial charge in [-0.15, -0.1) is 0 Å². The second-order valence-electron chi connectivity index (χ2n) is 9.53. The van der Waals surface area contributed by atoms with E-state index < -0.39 is 12.0 Å². The molecule has 7 nitrogen and oxygen atoms in total. The van der Waals surface area contributed by atoms with Crippen LogP contribution in [0.4, 0.5) is 0 Å². The van der Waals surface area contributed by atoms with Crippen LogP contribution in [0.1, 0.15) is 29.9 Å². The number of hydrogen-bond acceptors (Lipinski definition) is 7. The lowest BCUT2D eigenvalue weighted by atomic mass is 9.93. The first-order chi connectivity index (χ1) is 20.9. The monoisotopic (exact) mass is 630 g/mol. The number of hydrogen-bond donors (Lipinski definition) is 0. The van der Waals surface area contributed by atoms with Gasteiger partial charge in [0.2, 0.25) is 0 Å². The zero-order chi connectivity index (χ0) is 30.1. The number of carbonyl (C=O) groups is 1. The number of benzene rings is 3. The third kappa shape index (κ3) is 5.57. The summed E-state index contributed by atoms with van der Waals surface area (Å²) in [4.78, 5) is 32.9. The Bertz CT molecular complexity index is 2040. The molecule has 3 aromatic carbocycles. The maximum absolute atomic E-state index is 14.1. The van der Waals surface area contributed by atoms with Crippen LogP contribution in [0.2, 0.25) is 10.0 Å². The van der Waals surface area contributed by atoms with E-state index in [-0.39, 0.29) is 17.7 Å². The summed E-state index contributed by atoms with van der Waals surface area (Å²) in [7, 11) is 1.58. The molecule has 0 radical (unpaired) electrons. The normalized spacial score (nSPS) is 14.8. The first-order valence-electron chi connectivity index (χ1n) is 13.4. The van der Waals surface area contributed by atoms with E-state index in [0.717, 1.165) is 5.56 Å². The highest BCUT2D eigenvalue weighted by atomic mass is 35.5. The Balaban J connectivity index is 1.56. The fourth-order valence-corrected chi connectivity index (χ4v) is 6.30. The molecule has 0 amide bonds. The highest BCUT2D eigenvalue weighted by molar-refractivity contribution is 7.07. The minimum Gasteiger partial charge on any atom is -0.497 e. The van der Waals surface area contributed by atoms with E-state index >= 15 is 0 Å². The van der Waals surface area contributed by atoms with Crippen LogP contribution < -0.4 is 19.6 Å². The lowest BCUT2D eigenvalue weighted by Crippen LogP contribution is -2.40. The lowest BCUT2D eigenvalue weighted by molar-refractivity contribution is -0.138. The smallest absolute Gasteiger partial charge is 0.338 e. The number of ether oxygens (including phenoxy) is 2. The van der Waals surface area contributed by atoms with Crippen molar-refractivity contribution >= 4 is 52.3 Å². The van der Waals surface area contributed by atoms with Gasteiger partial charge < -0.3 is 13.9 Å². The summed E-state index contributed by atoms with van der Waals surface area (Å²) in [5.74, 6) is 1.06. The number of thiazole rings is 1. The summed E-state index contributed by atoms with van der Waals surface area (Å²) in [6, 6.07) is 24.5. The number of halogens is 2. The van der Waals surface area contributed by atoms with E-state index in [1.165, 1.54) is 15.9 Å². The van der Waals surface area contributed by atoms with Gasteiger partial charge in [0, 0.05) is 22.2 Å². The average molecular weight is 632 g/mol. The van der Waals surface area contributed by atoms with E-state index in [1.54, 1.807) is 62.6 Å². The number of fused-ring (bicyclic) bond motifs is 1. The number of rotatable bonds is 7. The average Bonchev–Trinajstić information content (AvgIpc) is 3.62. The minimum absolute atomic E-state index is 0.168. The molecular weight excluding hydrogens is 607 g/mol. The summed E-state index contributed by atoms with van der Waals surface area (Å²) < 4.78 is 18.8. The highest BCUT2D eigenvalue weighted by Gasteiger charge is 2.35. The van der Waals surface area contributed by atoms with Crippen LogP contribution in [0.25, 0.3) is 23.1 Å². The summed E-state index contributed by atoms with van der Waals surface area (Å²) in [5, 5.41) is 1.01. The summed E-state index contributed by atoms with van der Waals surface area (Å²) in [5.41, 5.74) is 2.47.